The van der Waals surface area contributed by atoms with Gasteiger partial charge in [0.2, 0.25) is 17.7 Å². The van der Waals surface area contributed by atoms with Crippen molar-refractivity contribution < 1.29 is 14.3 Å². The summed E-state index contributed by atoms with van der Waals surface area (Å²) < 4.78 is 10.4. The normalized spacial score (nSPS) is 14.9. The molecule has 0 aliphatic carbocycles. The van der Waals surface area contributed by atoms with E-state index in [9.17, 15) is 4.79 Å². The number of rotatable bonds is 6. The van der Waals surface area contributed by atoms with Gasteiger partial charge in [-0.1, -0.05) is 0 Å². The summed E-state index contributed by atoms with van der Waals surface area (Å²) in [5, 5.41) is 3.12. The first-order chi connectivity index (χ1) is 10.3. The minimum absolute atomic E-state index is 0.129. The number of nitrogens with one attached hydrogen (secondary N) is 1. The molecular weight excluding hydrogens is 272 g/mol. The minimum Gasteiger partial charge on any atom is -0.481 e. The first-order valence-corrected chi connectivity index (χ1v) is 7.16. The molecule has 0 unspecified atom stereocenters. The van der Waals surface area contributed by atoms with E-state index in [0.29, 0.717) is 30.4 Å². The smallest absolute Gasteiger partial charge is 0.236 e. The molecule has 1 N–H and O–H groups in total. The van der Waals surface area contributed by atoms with Crippen LogP contribution in [0.2, 0.25) is 0 Å². The molecule has 1 aliphatic rings. The first-order valence-electron chi connectivity index (χ1n) is 7.16. The van der Waals surface area contributed by atoms with Gasteiger partial charge in [-0.05, 0) is 19.3 Å². The Morgan fingerprint density at radius 3 is 2.38 bits per heavy atom. The Bertz CT molecular complexity index is 453. The molecule has 2 heterocycles. The van der Waals surface area contributed by atoms with E-state index in [-0.39, 0.29) is 5.91 Å². The van der Waals surface area contributed by atoms with Crippen LogP contribution in [-0.4, -0.2) is 54.6 Å². The highest BCUT2D eigenvalue weighted by molar-refractivity contribution is 5.78. The molecule has 1 fully saturated rings. The third-order valence-electron chi connectivity index (χ3n) is 3.54. The van der Waals surface area contributed by atoms with E-state index in [2.05, 4.69) is 15.3 Å². The van der Waals surface area contributed by atoms with Gasteiger partial charge in [-0.2, -0.15) is 0 Å². The molecule has 1 aromatic heterocycles. The zero-order valence-electron chi connectivity index (χ0n) is 12.6. The van der Waals surface area contributed by atoms with Gasteiger partial charge in [0.1, 0.15) is 6.33 Å². The summed E-state index contributed by atoms with van der Waals surface area (Å²) >= 11 is 0. The van der Waals surface area contributed by atoms with Gasteiger partial charge < -0.3 is 19.7 Å². The Kier molecular flexibility index (Phi) is 5.74. The summed E-state index contributed by atoms with van der Waals surface area (Å²) in [6, 6.07) is 0. The van der Waals surface area contributed by atoms with E-state index in [1.807, 2.05) is 4.90 Å². The van der Waals surface area contributed by atoms with Crippen molar-refractivity contribution >= 4 is 5.91 Å². The van der Waals surface area contributed by atoms with Gasteiger partial charge in [-0.25, -0.2) is 9.97 Å². The molecule has 1 amide bonds. The second-order valence-corrected chi connectivity index (χ2v) is 4.92. The third-order valence-corrected chi connectivity index (χ3v) is 3.54. The van der Waals surface area contributed by atoms with Crippen molar-refractivity contribution in [2.24, 2.45) is 0 Å². The Morgan fingerprint density at radius 1 is 1.19 bits per heavy atom. The Hall–Kier alpha value is -1.89. The number of ether oxygens (including phenoxy) is 2. The molecule has 0 radical (unpaired) electrons. The van der Waals surface area contributed by atoms with Crippen molar-refractivity contribution in [3.8, 4) is 11.8 Å². The highest BCUT2D eigenvalue weighted by Gasteiger charge is 2.17. The molecule has 1 aliphatic heterocycles. The average Bonchev–Trinajstić information content (AvgIpc) is 2.55. The molecule has 1 saturated heterocycles. The molecule has 7 heteroatoms. The second-order valence-electron chi connectivity index (χ2n) is 4.92. The van der Waals surface area contributed by atoms with Crippen LogP contribution in [0.5, 0.6) is 11.8 Å². The molecule has 21 heavy (non-hydrogen) atoms. The van der Waals surface area contributed by atoms with E-state index in [0.717, 1.165) is 25.9 Å². The Labute approximate surface area is 124 Å². The van der Waals surface area contributed by atoms with Crippen LogP contribution in [0.25, 0.3) is 0 Å². The third kappa shape index (κ3) is 4.04. The number of amides is 1. The summed E-state index contributed by atoms with van der Waals surface area (Å²) in [5.41, 5.74) is 0.717. The number of carbonyl (C=O) groups is 1. The van der Waals surface area contributed by atoms with Crippen LogP contribution in [-0.2, 0) is 11.3 Å². The molecule has 2 rings (SSSR count). The van der Waals surface area contributed by atoms with Gasteiger partial charge in [0.15, 0.2) is 0 Å². The molecular formula is C14H22N4O3. The predicted octanol–water partition coefficient (Wildman–Crippen LogP) is 0.596. The molecule has 0 spiro atoms. The van der Waals surface area contributed by atoms with E-state index in [1.54, 1.807) is 14.2 Å². The first kappa shape index (κ1) is 15.5. The van der Waals surface area contributed by atoms with Crippen molar-refractivity contribution in [2.45, 2.75) is 25.8 Å². The van der Waals surface area contributed by atoms with Crippen LogP contribution in [0.15, 0.2) is 6.33 Å². The van der Waals surface area contributed by atoms with Crippen LogP contribution in [0.1, 0.15) is 24.8 Å². The van der Waals surface area contributed by atoms with E-state index in [4.69, 9.17) is 9.47 Å². The molecule has 7 nitrogen and oxygen atoms in total. The van der Waals surface area contributed by atoms with Crippen molar-refractivity contribution in [2.75, 3.05) is 33.9 Å². The number of carbonyl (C=O) groups excluding carboxylic acids is 1. The summed E-state index contributed by atoms with van der Waals surface area (Å²) in [7, 11) is 3.09. The topological polar surface area (TPSA) is 76.6 Å². The number of nitrogens with zero attached hydrogens (tertiary/aromatic N) is 3. The highest BCUT2D eigenvalue weighted by Crippen LogP contribution is 2.22. The summed E-state index contributed by atoms with van der Waals surface area (Å²) in [5.74, 6) is 1.05. The number of aromatic nitrogens is 2. The largest absolute Gasteiger partial charge is 0.481 e. The molecule has 0 aromatic carbocycles. The van der Waals surface area contributed by atoms with Gasteiger partial charge in [-0.3, -0.25) is 4.79 Å². The fraction of sp³-hybridized carbons (Fsp3) is 0.643. The number of piperidine rings is 1. The zero-order valence-corrected chi connectivity index (χ0v) is 12.6. The number of hydrogen-bond acceptors (Lipinski definition) is 6. The maximum atomic E-state index is 12.1. The standard InChI is InChI=1S/C14H22N4O3/c1-20-13-11(14(21-2)17-10-16-13)8-15-9-12(19)18-6-4-3-5-7-18/h10,15H,3-9H2,1-2H3. The predicted molar refractivity (Wildman–Crippen MR) is 77.3 cm³/mol. The Morgan fingerprint density at radius 2 is 1.81 bits per heavy atom. The fourth-order valence-electron chi connectivity index (χ4n) is 2.43. The molecule has 0 atom stereocenters. The SMILES string of the molecule is COc1ncnc(OC)c1CNCC(=O)N1CCCCC1. The zero-order chi connectivity index (χ0) is 15.1. The highest BCUT2D eigenvalue weighted by atomic mass is 16.5. The summed E-state index contributed by atoms with van der Waals surface area (Å²) in [6.45, 7) is 2.44. The molecule has 116 valence electrons. The fourth-order valence-corrected chi connectivity index (χ4v) is 2.43. The quantitative estimate of drug-likeness (QED) is 0.828. The van der Waals surface area contributed by atoms with E-state index >= 15 is 0 Å². The van der Waals surface area contributed by atoms with Crippen LogP contribution in [0, 0.1) is 0 Å². The maximum Gasteiger partial charge on any atom is 0.236 e. The van der Waals surface area contributed by atoms with Crippen LogP contribution < -0.4 is 14.8 Å². The average molecular weight is 294 g/mol. The van der Waals surface area contributed by atoms with Gasteiger partial charge in [0.05, 0.1) is 26.3 Å². The van der Waals surface area contributed by atoms with E-state index in [1.165, 1.54) is 12.7 Å². The number of hydrogen-bond donors (Lipinski definition) is 1. The maximum absolute atomic E-state index is 12.1. The molecule has 0 bridgehead atoms. The second kappa shape index (κ2) is 7.78. The van der Waals surface area contributed by atoms with Crippen molar-refractivity contribution in [1.29, 1.82) is 0 Å². The van der Waals surface area contributed by atoms with Crippen molar-refractivity contribution in [1.82, 2.24) is 20.2 Å². The van der Waals surface area contributed by atoms with Gasteiger partial charge in [0.25, 0.3) is 0 Å². The van der Waals surface area contributed by atoms with Gasteiger partial charge >= 0.3 is 0 Å². The lowest BCUT2D eigenvalue weighted by atomic mass is 10.1. The molecule has 1 aromatic rings. The van der Waals surface area contributed by atoms with Crippen LogP contribution in [0.4, 0.5) is 0 Å². The van der Waals surface area contributed by atoms with Crippen molar-refractivity contribution in [3.05, 3.63) is 11.9 Å². The lowest BCUT2D eigenvalue weighted by Gasteiger charge is -2.26. The number of likely N-dealkylation sites (tertiary alicyclic amines) is 1. The Balaban J connectivity index is 1.89. The van der Waals surface area contributed by atoms with E-state index < -0.39 is 0 Å². The van der Waals surface area contributed by atoms with Crippen LogP contribution in [0.3, 0.4) is 0 Å². The monoisotopic (exact) mass is 294 g/mol. The van der Waals surface area contributed by atoms with Gasteiger partial charge in [0, 0.05) is 19.6 Å². The van der Waals surface area contributed by atoms with Crippen LogP contribution >= 0.6 is 0 Å². The molecule has 0 saturated carbocycles. The summed E-state index contributed by atoms with van der Waals surface area (Å²) in [6.07, 6.45) is 4.80. The minimum atomic E-state index is 0.129. The number of methoxy groups -OCH3 is 2. The van der Waals surface area contributed by atoms with Crippen molar-refractivity contribution in [3.63, 3.8) is 0 Å². The van der Waals surface area contributed by atoms with Gasteiger partial charge in [-0.15, -0.1) is 0 Å². The lowest BCUT2D eigenvalue weighted by Crippen LogP contribution is -2.41. The summed E-state index contributed by atoms with van der Waals surface area (Å²) in [4.78, 5) is 22.1. The lowest BCUT2D eigenvalue weighted by molar-refractivity contribution is -0.131.